The van der Waals surface area contributed by atoms with E-state index in [1.807, 2.05) is 43.3 Å². The number of allylic oxidation sites excluding steroid dienone is 1. The average Bonchev–Trinajstić information content (AvgIpc) is 4.23. The number of pyridine rings is 1. The van der Waals surface area contributed by atoms with Crippen molar-refractivity contribution in [3.05, 3.63) is 59.6 Å². The first-order valence-electron chi connectivity index (χ1n) is 22.5. The predicted molar refractivity (Wildman–Crippen MR) is 238 cm³/mol. The van der Waals surface area contributed by atoms with Gasteiger partial charge in [-0.1, -0.05) is 37.6 Å². The molecule has 4 aliphatic carbocycles. The second-order valence-electron chi connectivity index (χ2n) is 18.9. The number of alkyl carbamates (subject to hydrolysis) is 1. The number of aromatic nitrogens is 1. The predicted octanol–water partition coefficient (Wildman–Crippen LogP) is 6.31. The molecule has 0 bridgehead atoms. The fourth-order valence-corrected chi connectivity index (χ4v) is 11.7. The van der Waals surface area contributed by atoms with E-state index < -0.39 is 68.7 Å². The Bertz CT molecular complexity index is 2490. The molecule has 342 valence electrons. The number of ether oxygens (including phenoxy) is 4. The molecular formula is C47H56ClN5O10S. The zero-order chi connectivity index (χ0) is 45.1. The summed E-state index contributed by atoms with van der Waals surface area (Å²) in [5.41, 5.74) is -0.321. The molecule has 1 aromatic heterocycles. The van der Waals surface area contributed by atoms with Crippen LogP contribution in [0, 0.1) is 29.6 Å². The number of nitrogens with one attached hydrogen (secondary N) is 3. The summed E-state index contributed by atoms with van der Waals surface area (Å²) in [5, 5.41) is 7.00. The molecule has 4 saturated carbocycles. The largest absolute Gasteiger partial charge is 0.497 e. The van der Waals surface area contributed by atoms with Crippen LogP contribution in [0.25, 0.3) is 22.0 Å². The Hall–Kier alpha value is -5.09. The summed E-state index contributed by atoms with van der Waals surface area (Å²) in [6, 6.07) is 10.5. The maximum absolute atomic E-state index is 15.1. The molecular weight excluding hydrogens is 862 g/mol. The van der Waals surface area contributed by atoms with Gasteiger partial charge < -0.3 is 34.5 Å². The molecule has 0 radical (unpaired) electrons. The molecule has 5 fully saturated rings. The minimum Gasteiger partial charge on any atom is -0.497 e. The quantitative estimate of drug-likeness (QED) is 0.193. The van der Waals surface area contributed by atoms with Crippen molar-refractivity contribution in [1.82, 2.24) is 25.2 Å². The van der Waals surface area contributed by atoms with Crippen LogP contribution in [0.5, 0.6) is 17.4 Å². The summed E-state index contributed by atoms with van der Waals surface area (Å²) in [5.74, 6) is -0.0760. The van der Waals surface area contributed by atoms with Crippen LogP contribution in [0.15, 0.2) is 54.6 Å². The van der Waals surface area contributed by atoms with E-state index >= 15 is 4.79 Å². The van der Waals surface area contributed by atoms with Crippen LogP contribution in [0.2, 0.25) is 5.02 Å². The Morgan fingerprint density at radius 3 is 2.44 bits per heavy atom. The summed E-state index contributed by atoms with van der Waals surface area (Å²) >= 11 is 6.55. The molecule has 3 aromatic rings. The van der Waals surface area contributed by atoms with Gasteiger partial charge in [-0.05, 0) is 129 Å². The van der Waals surface area contributed by atoms with E-state index in [9.17, 15) is 22.8 Å². The number of halogens is 1. The zero-order valence-electron chi connectivity index (χ0n) is 36.5. The zero-order valence-corrected chi connectivity index (χ0v) is 38.1. The smallest absolute Gasteiger partial charge is 0.408 e. The topological polar surface area (TPSA) is 192 Å². The van der Waals surface area contributed by atoms with Gasteiger partial charge in [-0.15, -0.1) is 0 Å². The SMILES string of the molecule is COc1ccc2c(O[C@@H]3C[C@H]4C(=O)N[C@]5(C(=O)NS(=O)(=O)C6CC6)C[C@H]5/C=C\CC[C@H](C)C[C@@H](C)[C@H](NC(=O)OC5C[C@@H]6C[C@@H]6C5)C(=O)N4C3)nc(-c3ccc(OC)c(Cl)c3)cc2c1. The number of sulfonamides is 1. The molecule has 2 aromatic carbocycles. The molecule has 4 amide bonds. The number of nitrogens with zero attached hydrogens (tertiary/aromatic N) is 2. The molecule has 3 heterocycles. The molecule has 64 heavy (non-hydrogen) atoms. The summed E-state index contributed by atoms with van der Waals surface area (Å²) in [4.78, 5) is 63.9. The van der Waals surface area contributed by atoms with Crippen molar-refractivity contribution in [2.45, 2.75) is 113 Å². The number of hydrogen-bond acceptors (Lipinski definition) is 11. The van der Waals surface area contributed by atoms with Gasteiger partial charge >= 0.3 is 6.09 Å². The van der Waals surface area contributed by atoms with Gasteiger partial charge in [0.25, 0.3) is 5.91 Å². The van der Waals surface area contributed by atoms with Gasteiger partial charge in [0.2, 0.25) is 27.7 Å². The third-order valence-corrected chi connectivity index (χ3v) is 16.2. The fourth-order valence-electron chi connectivity index (χ4n) is 10.1. The monoisotopic (exact) mass is 917 g/mol. The first-order valence-corrected chi connectivity index (χ1v) is 24.4. The number of rotatable bonds is 10. The average molecular weight is 919 g/mol. The van der Waals surface area contributed by atoms with Gasteiger partial charge in [-0.25, -0.2) is 18.2 Å². The van der Waals surface area contributed by atoms with E-state index in [4.69, 9.17) is 35.5 Å². The number of hydrogen-bond donors (Lipinski definition) is 3. The molecule has 3 N–H and O–H groups in total. The Labute approximate surface area is 378 Å². The van der Waals surface area contributed by atoms with Gasteiger partial charge in [0.15, 0.2) is 0 Å². The number of methoxy groups -OCH3 is 2. The second-order valence-corrected chi connectivity index (χ2v) is 21.2. The first kappa shape index (κ1) is 44.1. The Kier molecular flexibility index (Phi) is 12.0. The lowest BCUT2D eigenvalue weighted by atomic mass is 9.88. The summed E-state index contributed by atoms with van der Waals surface area (Å²) < 4.78 is 51.9. The number of amides is 4. The van der Waals surface area contributed by atoms with Gasteiger partial charge in [-0.2, -0.15) is 0 Å². The lowest BCUT2D eigenvalue weighted by molar-refractivity contribution is -0.142. The molecule has 17 heteroatoms. The van der Waals surface area contributed by atoms with Crippen LogP contribution in [-0.2, 0) is 29.1 Å². The van der Waals surface area contributed by atoms with Crippen molar-refractivity contribution in [1.29, 1.82) is 0 Å². The number of fused-ring (bicyclic) bond motifs is 4. The van der Waals surface area contributed by atoms with Crippen molar-refractivity contribution in [2.75, 3.05) is 20.8 Å². The highest BCUT2D eigenvalue weighted by Crippen LogP contribution is 2.52. The van der Waals surface area contributed by atoms with Crippen molar-refractivity contribution in [3.8, 4) is 28.6 Å². The van der Waals surface area contributed by atoms with Crippen LogP contribution < -0.4 is 29.6 Å². The molecule has 15 nitrogen and oxygen atoms in total. The van der Waals surface area contributed by atoms with E-state index in [0.717, 1.165) is 31.1 Å². The van der Waals surface area contributed by atoms with Gasteiger partial charge in [-0.3, -0.25) is 19.1 Å². The number of carbonyl (C=O) groups excluding carboxylic acids is 4. The standard InChI is InChI=1S/C47H56ClN5O10S/c1-25-7-5-6-8-31-23-47(31,45(56)52-64(58,59)35-11-12-35)51-42(54)39-22-34(24-53(39)44(55)41(26(2)15-25)50-46(57)63-33-17-28-16-29(28)18-33)62-43-36-13-10-32(60-3)19-30(36)21-38(49-43)27-9-14-40(61-4)37(48)20-27/h6,8-10,13-14,19-21,25-26,28-29,31,33-35,39,41H,5,7,11-12,15-18,22-24H2,1-4H3,(H,50,57)(H,51,54)(H,52,56)/b8-6-/t25-,26+,28-,29+,31+,33?,34+,39-,41-,47+/m0/s1. The Morgan fingerprint density at radius 1 is 0.938 bits per heavy atom. The van der Waals surface area contributed by atoms with Crippen LogP contribution >= 0.6 is 11.6 Å². The van der Waals surface area contributed by atoms with Crippen molar-refractivity contribution in [3.63, 3.8) is 0 Å². The summed E-state index contributed by atoms with van der Waals surface area (Å²) in [6.45, 7) is 3.96. The van der Waals surface area contributed by atoms with Crippen molar-refractivity contribution in [2.24, 2.45) is 29.6 Å². The highest BCUT2D eigenvalue weighted by atomic mass is 35.5. The highest BCUT2D eigenvalue weighted by molar-refractivity contribution is 7.91. The number of benzene rings is 2. The molecule has 10 atom stereocenters. The molecule has 1 unspecified atom stereocenters. The van der Waals surface area contributed by atoms with E-state index in [-0.39, 0.29) is 43.2 Å². The van der Waals surface area contributed by atoms with Gasteiger partial charge in [0.1, 0.15) is 41.3 Å². The highest BCUT2D eigenvalue weighted by Gasteiger charge is 2.62. The Morgan fingerprint density at radius 2 is 1.72 bits per heavy atom. The molecule has 1 saturated heterocycles. The van der Waals surface area contributed by atoms with Crippen LogP contribution in [-0.4, -0.2) is 98.0 Å². The summed E-state index contributed by atoms with van der Waals surface area (Å²) in [7, 11) is -0.826. The first-order chi connectivity index (χ1) is 30.6. The van der Waals surface area contributed by atoms with Gasteiger partial charge in [0, 0.05) is 23.3 Å². The third-order valence-electron chi connectivity index (χ3n) is 14.1. The van der Waals surface area contributed by atoms with Crippen molar-refractivity contribution < 1.29 is 46.5 Å². The van der Waals surface area contributed by atoms with E-state index in [1.54, 1.807) is 25.3 Å². The van der Waals surface area contributed by atoms with Crippen LogP contribution in [0.3, 0.4) is 0 Å². The second kappa shape index (κ2) is 17.4. The third kappa shape index (κ3) is 9.09. The molecule has 2 aliphatic heterocycles. The fraction of sp³-hybridized carbons (Fsp3) is 0.553. The molecule has 0 spiro atoms. The number of carbonyl (C=O) groups is 4. The normalized spacial score (nSPS) is 31.8. The van der Waals surface area contributed by atoms with Gasteiger partial charge in [0.05, 0.1) is 36.7 Å². The lowest BCUT2D eigenvalue weighted by Gasteiger charge is -2.33. The van der Waals surface area contributed by atoms with E-state index in [1.165, 1.54) is 12.0 Å². The maximum atomic E-state index is 15.1. The Balaban J connectivity index is 1.06. The van der Waals surface area contributed by atoms with Crippen LogP contribution in [0.4, 0.5) is 4.79 Å². The minimum absolute atomic E-state index is 0.000865. The molecule has 9 rings (SSSR count). The van der Waals surface area contributed by atoms with E-state index in [2.05, 4.69) is 22.3 Å². The lowest BCUT2D eigenvalue weighted by Crippen LogP contribution is -2.59. The summed E-state index contributed by atoms with van der Waals surface area (Å²) in [6.07, 6.45) is 8.10. The van der Waals surface area contributed by atoms with Crippen molar-refractivity contribution >= 4 is 56.2 Å². The van der Waals surface area contributed by atoms with E-state index in [0.29, 0.717) is 70.7 Å². The minimum atomic E-state index is -3.93. The maximum Gasteiger partial charge on any atom is 0.408 e. The van der Waals surface area contributed by atoms with Crippen LogP contribution in [0.1, 0.15) is 78.1 Å². The molecule has 6 aliphatic rings.